The maximum atomic E-state index is 12.2. The molecule has 0 saturated heterocycles. The Kier molecular flexibility index (Phi) is 6.29. The molecular formula is C7H13F5. The summed E-state index contributed by atoms with van der Waals surface area (Å²) in [5, 5.41) is 0. The number of alkyl halides is 5. The molecule has 0 radical (unpaired) electrons. The predicted octanol–water partition coefficient (Wildman–Crippen LogP) is 3.32. The van der Waals surface area contributed by atoms with Gasteiger partial charge in [0.25, 0.3) is 5.92 Å². The maximum Gasteiger partial charge on any atom is 0.281 e. The molecule has 0 aliphatic heterocycles. The van der Waals surface area contributed by atoms with Gasteiger partial charge < -0.3 is 0 Å². The molecule has 0 bridgehead atoms. The first-order valence-corrected chi connectivity index (χ1v) is 3.41. The lowest BCUT2D eigenvalue weighted by Crippen LogP contribution is -2.40. The highest BCUT2D eigenvalue weighted by molar-refractivity contribution is 4.85. The van der Waals surface area contributed by atoms with Gasteiger partial charge in [-0.3, -0.25) is 4.39 Å². The summed E-state index contributed by atoms with van der Waals surface area (Å²) in [6.07, 6.45) is 0. The molecule has 5 heteroatoms. The molecule has 0 amide bonds. The van der Waals surface area contributed by atoms with Crippen molar-refractivity contribution in [3.8, 4) is 0 Å². The van der Waals surface area contributed by atoms with E-state index in [-0.39, 0.29) is 6.67 Å². The lowest BCUT2D eigenvalue weighted by atomic mass is 10.0. The fourth-order valence-corrected chi connectivity index (χ4v) is 0.117. The van der Waals surface area contributed by atoms with Gasteiger partial charge in [-0.15, -0.1) is 0 Å². The summed E-state index contributed by atoms with van der Waals surface area (Å²) in [7, 11) is 0. The lowest BCUT2D eigenvalue weighted by molar-refractivity contribution is -0.122. The van der Waals surface area contributed by atoms with Crippen molar-refractivity contribution >= 4 is 0 Å². The number of hydrogen-bond donors (Lipinski definition) is 0. The van der Waals surface area contributed by atoms with Crippen LogP contribution in [0.25, 0.3) is 0 Å². The minimum atomic E-state index is -3.60. The fourth-order valence-electron chi connectivity index (χ4n) is 0.117. The summed E-state index contributed by atoms with van der Waals surface area (Å²) >= 11 is 0. The van der Waals surface area contributed by atoms with Crippen LogP contribution in [0.2, 0.25) is 0 Å². The third-order valence-corrected chi connectivity index (χ3v) is 1.17. The van der Waals surface area contributed by atoms with Gasteiger partial charge in [-0.2, -0.15) is 0 Å². The Morgan fingerprint density at radius 1 is 1.00 bits per heavy atom. The van der Waals surface area contributed by atoms with Gasteiger partial charge in [0, 0.05) is 6.92 Å². The molecule has 0 heterocycles. The van der Waals surface area contributed by atoms with Crippen LogP contribution in [0.3, 0.4) is 0 Å². The second kappa shape index (κ2) is 5.32. The van der Waals surface area contributed by atoms with Crippen molar-refractivity contribution in [2.45, 2.75) is 32.4 Å². The Labute approximate surface area is 68.8 Å². The molecule has 1 unspecified atom stereocenters. The zero-order valence-electron chi connectivity index (χ0n) is 7.30. The summed E-state index contributed by atoms with van der Waals surface area (Å²) in [4.78, 5) is 0. The fraction of sp³-hybridized carbons (Fsp3) is 1.00. The van der Waals surface area contributed by atoms with Gasteiger partial charge in [0.2, 0.25) is 0 Å². The van der Waals surface area contributed by atoms with E-state index in [0.717, 1.165) is 0 Å². The van der Waals surface area contributed by atoms with Gasteiger partial charge in [-0.05, 0) is 13.8 Å². The predicted molar refractivity (Wildman–Crippen MR) is 37.8 cm³/mol. The first-order valence-electron chi connectivity index (χ1n) is 3.41. The van der Waals surface area contributed by atoms with Crippen LogP contribution < -0.4 is 0 Å². The van der Waals surface area contributed by atoms with Crippen LogP contribution in [0.5, 0.6) is 0 Å². The molecule has 0 nitrogen and oxygen atoms in total. The molecule has 12 heavy (non-hydrogen) atoms. The summed E-state index contributed by atoms with van der Waals surface area (Å²) in [6, 6.07) is 0. The minimum Gasteiger partial charge on any atom is -0.251 e. The van der Waals surface area contributed by atoms with E-state index in [1.54, 1.807) is 0 Å². The van der Waals surface area contributed by atoms with Crippen LogP contribution in [0.4, 0.5) is 22.0 Å². The van der Waals surface area contributed by atoms with Gasteiger partial charge in [-0.1, -0.05) is 0 Å². The normalized spacial score (nSPS) is 16.0. The highest BCUT2D eigenvalue weighted by Crippen LogP contribution is 2.31. The number of halogens is 5. The Balaban J connectivity index is 0. The average Bonchev–Trinajstić information content (AvgIpc) is 1.87. The van der Waals surface area contributed by atoms with Gasteiger partial charge in [0.05, 0.1) is 6.67 Å². The molecule has 0 aliphatic carbocycles. The van der Waals surface area contributed by atoms with Crippen molar-refractivity contribution in [1.82, 2.24) is 0 Å². The van der Waals surface area contributed by atoms with Crippen LogP contribution >= 0.6 is 0 Å². The third-order valence-electron chi connectivity index (χ3n) is 1.17. The minimum absolute atomic E-state index is 0.250. The van der Waals surface area contributed by atoms with Gasteiger partial charge in [0.15, 0.2) is 5.67 Å². The molecule has 0 fully saturated rings. The van der Waals surface area contributed by atoms with Crippen LogP contribution in [-0.4, -0.2) is 24.9 Å². The van der Waals surface area contributed by atoms with E-state index in [1.807, 2.05) is 0 Å². The Morgan fingerprint density at radius 3 is 1.25 bits per heavy atom. The Bertz CT molecular complexity index is 105. The highest BCUT2D eigenvalue weighted by Gasteiger charge is 2.46. The monoisotopic (exact) mass is 192 g/mol. The van der Waals surface area contributed by atoms with E-state index in [2.05, 4.69) is 0 Å². The smallest absolute Gasteiger partial charge is 0.251 e. The molecule has 0 spiro atoms. The van der Waals surface area contributed by atoms with E-state index in [4.69, 9.17) is 0 Å². The van der Waals surface area contributed by atoms with Crippen molar-refractivity contribution < 1.29 is 22.0 Å². The summed E-state index contributed by atoms with van der Waals surface area (Å²) in [6.45, 7) is 0.441. The Hall–Kier alpha value is -0.350. The van der Waals surface area contributed by atoms with Crippen LogP contribution in [0.1, 0.15) is 20.8 Å². The number of hydrogen-bond acceptors (Lipinski definition) is 0. The molecule has 0 aliphatic rings. The molecule has 0 aromatic carbocycles. The quantitative estimate of drug-likeness (QED) is 0.589. The standard InChI is InChI=1S/C5H8F4.C2H5F/c1-4(7,3-6)5(2,8)9;1-2-3/h3H2,1-2H3;2H2,1H3. The van der Waals surface area contributed by atoms with E-state index in [0.29, 0.717) is 13.8 Å². The van der Waals surface area contributed by atoms with Crippen molar-refractivity contribution in [2.75, 3.05) is 13.3 Å². The zero-order chi connectivity index (χ0) is 10.4. The maximum absolute atomic E-state index is 12.2. The van der Waals surface area contributed by atoms with E-state index in [1.165, 1.54) is 6.92 Å². The van der Waals surface area contributed by atoms with Crippen molar-refractivity contribution in [1.29, 1.82) is 0 Å². The van der Waals surface area contributed by atoms with Crippen LogP contribution in [-0.2, 0) is 0 Å². The number of rotatable bonds is 2. The van der Waals surface area contributed by atoms with E-state index < -0.39 is 18.3 Å². The van der Waals surface area contributed by atoms with E-state index in [9.17, 15) is 22.0 Å². The molecule has 76 valence electrons. The summed E-state index contributed by atoms with van der Waals surface area (Å²) in [5.41, 5.74) is -3.02. The second-order valence-electron chi connectivity index (χ2n) is 2.49. The first-order chi connectivity index (χ1) is 5.22. The van der Waals surface area contributed by atoms with Crippen LogP contribution in [0, 0.1) is 0 Å². The topological polar surface area (TPSA) is 0 Å². The molecular weight excluding hydrogens is 179 g/mol. The molecule has 0 aromatic rings. The Morgan fingerprint density at radius 2 is 1.25 bits per heavy atom. The molecule has 1 atom stereocenters. The lowest BCUT2D eigenvalue weighted by Gasteiger charge is -2.23. The molecule has 0 aromatic heterocycles. The van der Waals surface area contributed by atoms with E-state index >= 15 is 0 Å². The van der Waals surface area contributed by atoms with Gasteiger partial charge in [-0.25, -0.2) is 17.6 Å². The SMILES string of the molecule is CC(F)(F)C(C)(F)CF.CCF. The van der Waals surface area contributed by atoms with Crippen molar-refractivity contribution in [3.63, 3.8) is 0 Å². The molecule has 0 N–H and O–H groups in total. The largest absolute Gasteiger partial charge is 0.281 e. The average molecular weight is 192 g/mol. The third kappa shape index (κ3) is 5.32. The zero-order valence-corrected chi connectivity index (χ0v) is 7.30. The second-order valence-corrected chi connectivity index (χ2v) is 2.49. The summed E-state index contributed by atoms with van der Waals surface area (Å²) in [5.74, 6) is -3.60. The molecule has 0 saturated carbocycles. The molecule has 0 rings (SSSR count). The van der Waals surface area contributed by atoms with Crippen molar-refractivity contribution in [3.05, 3.63) is 0 Å². The highest BCUT2D eigenvalue weighted by atomic mass is 19.3. The summed E-state index contributed by atoms with van der Waals surface area (Å²) < 4.78 is 57.7. The first kappa shape index (κ1) is 14.2. The van der Waals surface area contributed by atoms with Crippen molar-refractivity contribution in [2.24, 2.45) is 0 Å². The van der Waals surface area contributed by atoms with Gasteiger partial charge in [0.1, 0.15) is 6.67 Å². The van der Waals surface area contributed by atoms with Crippen LogP contribution in [0.15, 0.2) is 0 Å². The van der Waals surface area contributed by atoms with Gasteiger partial charge >= 0.3 is 0 Å².